The van der Waals surface area contributed by atoms with E-state index in [0.717, 1.165) is 37.8 Å². The van der Waals surface area contributed by atoms with E-state index < -0.39 is 0 Å². The molecular formula is C21H32N4OS. The summed E-state index contributed by atoms with van der Waals surface area (Å²) in [6.07, 6.45) is 7.85. The summed E-state index contributed by atoms with van der Waals surface area (Å²) >= 11 is 1.75. The first-order valence-corrected chi connectivity index (χ1v) is 10.7. The highest BCUT2D eigenvalue weighted by molar-refractivity contribution is 7.09. The second kappa shape index (κ2) is 9.95. The van der Waals surface area contributed by atoms with E-state index in [0.29, 0.717) is 12.0 Å². The molecule has 0 saturated heterocycles. The van der Waals surface area contributed by atoms with Crippen LogP contribution in [0, 0.1) is 5.41 Å². The molecule has 6 heteroatoms. The Morgan fingerprint density at radius 2 is 2.07 bits per heavy atom. The van der Waals surface area contributed by atoms with Crippen molar-refractivity contribution < 1.29 is 4.42 Å². The van der Waals surface area contributed by atoms with E-state index in [-0.39, 0.29) is 0 Å². The van der Waals surface area contributed by atoms with Gasteiger partial charge >= 0.3 is 0 Å². The van der Waals surface area contributed by atoms with Crippen LogP contribution in [0.2, 0.25) is 0 Å². The van der Waals surface area contributed by atoms with Gasteiger partial charge < -0.3 is 20.0 Å². The second-order valence-corrected chi connectivity index (χ2v) is 8.83. The van der Waals surface area contributed by atoms with Gasteiger partial charge in [-0.1, -0.05) is 18.9 Å². The van der Waals surface area contributed by atoms with Crippen molar-refractivity contribution in [3.8, 4) is 0 Å². The van der Waals surface area contributed by atoms with Crippen molar-refractivity contribution in [1.82, 2.24) is 15.5 Å². The molecule has 0 radical (unpaired) electrons. The molecule has 5 nitrogen and oxygen atoms in total. The lowest BCUT2D eigenvalue weighted by Crippen LogP contribution is -2.46. The van der Waals surface area contributed by atoms with Crippen molar-refractivity contribution >= 4 is 17.3 Å². The largest absolute Gasteiger partial charge is 0.469 e. The number of aliphatic imine (C=N–C) groups is 1. The van der Waals surface area contributed by atoms with Gasteiger partial charge in [0.2, 0.25) is 0 Å². The Labute approximate surface area is 166 Å². The van der Waals surface area contributed by atoms with Gasteiger partial charge in [0.15, 0.2) is 5.96 Å². The number of thiophene rings is 1. The standard InChI is InChI=1S/C21H32N4OS/c1-25(2)17-21(10-3-4-11-21)16-24-20(23-15-19-8-6-14-27-19)22-12-9-18-7-5-13-26-18/h5-8,13-14H,3-4,9-12,15-17H2,1-2H3,(H2,22,23,24). The molecule has 0 unspecified atom stereocenters. The molecule has 148 valence electrons. The molecule has 2 aromatic heterocycles. The number of rotatable bonds is 9. The number of guanidine groups is 1. The zero-order chi connectivity index (χ0) is 19.0. The Hall–Kier alpha value is -1.79. The third kappa shape index (κ3) is 6.40. The summed E-state index contributed by atoms with van der Waals surface area (Å²) in [5.41, 5.74) is 0.357. The maximum atomic E-state index is 5.43. The zero-order valence-corrected chi connectivity index (χ0v) is 17.4. The highest BCUT2D eigenvalue weighted by Gasteiger charge is 2.34. The number of nitrogens with one attached hydrogen (secondary N) is 2. The Kier molecular flexibility index (Phi) is 7.35. The van der Waals surface area contributed by atoms with Crippen molar-refractivity contribution in [2.75, 3.05) is 33.7 Å². The average Bonchev–Trinajstić information content (AvgIpc) is 3.39. The molecule has 0 bridgehead atoms. The fourth-order valence-electron chi connectivity index (χ4n) is 3.95. The Morgan fingerprint density at radius 1 is 1.22 bits per heavy atom. The fourth-order valence-corrected chi connectivity index (χ4v) is 4.58. The zero-order valence-electron chi connectivity index (χ0n) is 16.5. The minimum absolute atomic E-state index is 0.357. The van der Waals surface area contributed by atoms with Gasteiger partial charge in [-0.3, -0.25) is 0 Å². The van der Waals surface area contributed by atoms with Crippen LogP contribution in [0.4, 0.5) is 0 Å². The van der Waals surface area contributed by atoms with Crippen molar-refractivity contribution in [2.45, 2.75) is 38.6 Å². The van der Waals surface area contributed by atoms with Crippen molar-refractivity contribution in [2.24, 2.45) is 10.4 Å². The highest BCUT2D eigenvalue weighted by atomic mass is 32.1. The summed E-state index contributed by atoms with van der Waals surface area (Å²) in [7, 11) is 4.35. The lowest BCUT2D eigenvalue weighted by molar-refractivity contribution is 0.202. The summed E-state index contributed by atoms with van der Waals surface area (Å²) in [6, 6.07) is 8.17. The van der Waals surface area contributed by atoms with Crippen molar-refractivity contribution in [3.63, 3.8) is 0 Å². The molecule has 0 aromatic carbocycles. The lowest BCUT2D eigenvalue weighted by Gasteiger charge is -2.33. The van der Waals surface area contributed by atoms with Crippen LogP contribution in [0.25, 0.3) is 0 Å². The summed E-state index contributed by atoms with van der Waals surface area (Å²) < 4.78 is 5.43. The molecule has 27 heavy (non-hydrogen) atoms. The van der Waals surface area contributed by atoms with Gasteiger partial charge in [-0.25, -0.2) is 4.99 Å². The SMILES string of the molecule is CN(C)CC1(CNC(=NCc2cccs2)NCCc2ccco2)CCCC1. The van der Waals surface area contributed by atoms with Crippen LogP contribution in [0.3, 0.4) is 0 Å². The molecule has 2 heterocycles. The smallest absolute Gasteiger partial charge is 0.191 e. The van der Waals surface area contributed by atoms with Crippen LogP contribution < -0.4 is 10.6 Å². The molecular weight excluding hydrogens is 356 g/mol. The van der Waals surface area contributed by atoms with Gasteiger partial charge in [-0.2, -0.15) is 0 Å². The van der Waals surface area contributed by atoms with E-state index in [1.807, 2.05) is 12.1 Å². The van der Waals surface area contributed by atoms with E-state index in [2.05, 4.69) is 47.1 Å². The first-order chi connectivity index (χ1) is 13.2. The molecule has 2 N–H and O–H groups in total. The third-order valence-corrected chi connectivity index (χ3v) is 6.02. The number of furan rings is 1. The van der Waals surface area contributed by atoms with Crippen LogP contribution in [0.5, 0.6) is 0 Å². The number of hydrogen-bond acceptors (Lipinski definition) is 4. The van der Waals surface area contributed by atoms with Crippen LogP contribution in [-0.4, -0.2) is 44.6 Å². The predicted octanol–water partition coefficient (Wildman–Crippen LogP) is 3.74. The Balaban J connectivity index is 1.58. The van der Waals surface area contributed by atoms with Crippen molar-refractivity contribution in [1.29, 1.82) is 0 Å². The van der Waals surface area contributed by atoms with E-state index in [4.69, 9.17) is 9.41 Å². The van der Waals surface area contributed by atoms with Crippen LogP contribution in [0.15, 0.2) is 45.3 Å². The second-order valence-electron chi connectivity index (χ2n) is 7.80. The van der Waals surface area contributed by atoms with Crippen LogP contribution in [0.1, 0.15) is 36.3 Å². The maximum absolute atomic E-state index is 5.43. The topological polar surface area (TPSA) is 52.8 Å². The van der Waals surface area contributed by atoms with Gasteiger partial charge in [-0.15, -0.1) is 11.3 Å². The molecule has 1 aliphatic rings. The Bertz CT molecular complexity index is 673. The lowest BCUT2D eigenvalue weighted by atomic mass is 9.85. The fraction of sp³-hybridized carbons (Fsp3) is 0.571. The molecule has 2 aromatic rings. The summed E-state index contributed by atoms with van der Waals surface area (Å²) in [5.74, 6) is 1.90. The van der Waals surface area contributed by atoms with E-state index in [9.17, 15) is 0 Å². The predicted molar refractivity (Wildman–Crippen MR) is 113 cm³/mol. The van der Waals surface area contributed by atoms with Gasteiger partial charge in [0, 0.05) is 36.3 Å². The first kappa shape index (κ1) is 20.0. The molecule has 0 aliphatic heterocycles. The van der Waals surface area contributed by atoms with E-state index in [1.54, 1.807) is 17.6 Å². The Morgan fingerprint density at radius 3 is 2.74 bits per heavy atom. The third-order valence-electron chi connectivity index (χ3n) is 5.16. The van der Waals surface area contributed by atoms with Gasteiger partial charge in [0.25, 0.3) is 0 Å². The molecule has 1 aliphatic carbocycles. The summed E-state index contributed by atoms with van der Waals surface area (Å²) in [4.78, 5) is 8.42. The summed E-state index contributed by atoms with van der Waals surface area (Å²) in [6.45, 7) is 3.63. The van der Waals surface area contributed by atoms with Crippen LogP contribution >= 0.6 is 11.3 Å². The van der Waals surface area contributed by atoms with Crippen LogP contribution in [-0.2, 0) is 13.0 Å². The molecule has 0 atom stereocenters. The van der Waals surface area contributed by atoms with E-state index in [1.165, 1.54) is 30.6 Å². The van der Waals surface area contributed by atoms with Gasteiger partial charge in [0.1, 0.15) is 5.76 Å². The monoisotopic (exact) mass is 388 g/mol. The van der Waals surface area contributed by atoms with E-state index >= 15 is 0 Å². The summed E-state index contributed by atoms with van der Waals surface area (Å²) in [5, 5.41) is 9.23. The number of hydrogen-bond donors (Lipinski definition) is 2. The quantitative estimate of drug-likeness (QED) is 0.508. The first-order valence-electron chi connectivity index (χ1n) is 9.87. The number of nitrogens with zero attached hydrogens (tertiary/aromatic N) is 2. The minimum Gasteiger partial charge on any atom is -0.469 e. The van der Waals surface area contributed by atoms with Crippen molar-refractivity contribution in [3.05, 3.63) is 46.5 Å². The van der Waals surface area contributed by atoms with Gasteiger partial charge in [0.05, 0.1) is 12.8 Å². The minimum atomic E-state index is 0.357. The normalized spacial score (nSPS) is 16.8. The average molecular weight is 389 g/mol. The highest BCUT2D eigenvalue weighted by Crippen LogP contribution is 2.37. The molecule has 3 rings (SSSR count). The molecule has 1 saturated carbocycles. The van der Waals surface area contributed by atoms with Gasteiger partial charge in [-0.05, 0) is 50.5 Å². The maximum Gasteiger partial charge on any atom is 0.191 e. The molecule has 1 fully saturated rings. The molecule has 0 spiro atoms. The molecule has 0 amide bonds.